The van der Waals surface area contributed by atoms with Gasteiger partial charge >= 0.3 is 0 Å². The molecule has 1 heterocycles. The molecule has 0 aliphatic rings. The summed E-state index contributed by atoms with van der Waals surface area (Å²) in [5.74, 6) is 0.297. The Bertz CT molecular complexity index is 958. The van der Waals surface area contributed by atoms with Gasteiger partial charge in [-0.1, -0.05) is 34.1 Å². The molecule has 0 bridgehead atoms. The first kappa shape index (κ1) is 17.3. The van der Waals surface area contributed by atoms with Crippen molar-refractivity contribution in [1.29, 1.82) is 0 Å². The molecule has 0 aliphatic carbocycles. The van der Waals surface area contributed by atoms with E-state index < -0.39 is 0 Å². The van der Waals surface area contributed by atoms with Crippen molar-refractivity contribution in [2.24, 2.45) is 0 Å². The zero-order valence-electron chi connectivity index (χ0n) is 12.8. The number of fused-ring (bicyclic) bond motifs is 1. The number of hydrogen-bond donors (Lipinski definition) is 1. The Balaban J connectivity index is 1.88. The van der Waals surface area contributed by atoms with Crippen molar-refractivity contribution in [1.82, 2.24) is 14.9 Å². The third kappa shape index (κ3) is 3.74. The first-order valence-corrected chi connectivity index (χ1v) is 8.82. The topological polar surface area (TPSA) is 49.0 Å². The molecule has 3 aromatic rings. The summed E-state index contributed by atoms with van der Waals surface area (Å²) in [6.07, 6.45) is 0. The van der Waals surface area contributed by atoms with Crippen molar-refractivity contribution in [2.45, 2.75) is 13.1 Å². The van der Waals surface area contributed by atoms with Crippen LogP contribution in [-0.2, 0) is 13.1 Å². The lowest BCUT2D eigenvalue weighted by Gasteiger charge is -2.16. The van der Waals surface area contributed by atoms with Gasteiger partial charge in [0, 0.05) is 21.1 Å². The molecule has 4 nitrogen and oxygen atoms in total. The molecule has 3 rings (SSSR count). The van der Waals surface area contributed by atoms with Crippen LogP contribution in [0, 0.1) is 5.82 Å². The Morgan fingerprint density at radius 1 is 1.21 bits per heavy atom. The summed E-state index contributed by atoms with van der Waals surface area (Å²) in [5, 5.41) is 0.511. The molecule has 1 aromatic heterocycles. The first-order valence-electron chi connectivity index (χ1n) is 7.24. The number of benzene rings is 2. The van der Waals surface area contributed by atoms with Gasteiger partial charge in [-0.3, -0.25) is 9.69 Å². The van der Waals surface area contributed by atoms with Crippen LogP contribution in [0.15, 0.2) is 50.1 Å². The van der Waals surface area contributed by atoms with E-state index in [0.717, 1.165) is 8.95 Å². The molecule has 7 heteroatoms. The van der Waals surface area contributed by atoms with Crippen molar-refractivity contribution >= 4 is 42.8 Å². The molecule has 0 saturated heterocycles. The Kier molecular flexibility index (Phi) is 5.12. The highest BCUT2D eigenvalue weighted by molar-refractivity contribution is 9.11. The fourth-order valence-corrected chi connectivity index (χ4v) is 3.83. The van der Waals surface area contributed by atoms with Crippen LogP contribution in [0.5, 0.6) is 0 Å². The maximum Gasteiger partial charge on any atom is 0.258 e. The summed E-state index contributed by atoms with van der Waals surface area (Å²) < 4.78 is 15.3. The molecule has 124 valence electrons. The second kappa shape index (κ2) is 7.13. The monoisotopic (exact) mass is 453 g/mol. The van der Waals surface area contributed by atoms with E-state index in [0.29, 0.717) is 35.4 Å². The maximum absolute atomic E-state index is 13.7. The smallest absolute Gasteiger partial charge is 0.258 e. The minimum Gasteiger partial charge on any atom is -0.309 e. The molecule has 0 aliphatic heterocycles. The summed E-state index contributed by atoms with van der Waals surface area (Å²) in [6.45, 7) is 0.831. The largest absolute Gasteiger partial charge is 0.309 e. The number of aromatic amines is 1. The maximum atomic E-state index is 13.7. The highest BCUT2D eigenvalue weighted by atomic mass is 79.9. The van der Waals surface area contributed by atoms with Crippen LogP contribution < -0.4 is 5.56 Å². The first-order chi connectivity index (χ1) is 11.4. The van der Waals surface area contributed by atoms with Gasteiger partial charge in [-0.05, 0) is 41.2 Å². The average Bonchev–Trinajstić information content (AvgIpc) is 2.51. The van der Waals surface area contributed by atoms with Crippen molar-refractivity contribution in [2.75, 3.05) is 7.05 Å². The molecule has 24 heavy (non-hydrogen) atoms. The van der Waals surface area contributed by atoms with Crippen molar-refractivity contribution in [3.8, 4) is 0 Å². The Morgan fingerprint density at radius 2 is 1.96 bits per heavy atom. The lowest BCUT2D eigenvalue weighted by Crippen LogP contribution is -2.22. The van der Waals surface area contributed by atoms with Gasteiger partial charge in [-0.25, -0.2) is 9.37 Å². The predicted molar refractivity (Wildman–Crippen MR) is 99.3 cm³/mol. The fourth-order valence-electron chi connectivity index (χ4n) is 2.52. The van der Waals surface area contributed by atoms with Gasteiger partial charge in [0.15, 0.2) is 0 Å². The normalized spacial score (nSPS) is 11.4. The number of rotatable bonds is 4. The summed E-state index contributed by atoms with van der Waals surface area (Å²) in [5.41, 5.74) is 1.01. The van der Waals surface area contributed by atoms with E-state index in [-0.39, 0.29) is 11.4 Å². The van der Waals surface area contributed by atoms with Crippen LogP contribution in [0.25, 0.3) is 10.9 Å². The van der Waals surface area contributed by atoms with Crippen LogP contribution in [0.1, 0.15) is 11.4 Å². The van der Waals surface area contributed by atoms with Crippen LogP contribution >= 0.6 is 31.9 Å². The van der Waals surface area contributed by atoms with Crippen LogP contribution in [0.3, 0.4) is 0 Å². The van der Waals surface area contributed by atoms with Gasteiger partial charge < -0.3 is 4.98 Å². The van der Waals surface area contributed by atoms with Crippen LogP contribution in [0.2, 0.25) is 0 Å². The number of nitrogens with zero attached hydrogens (tertiary/aromatic N) is 2. The zero-order chi connectivity index (χ0) is 17.3. The molecule has 0 amide bonds. The molecule has 0 fully saturated rings. The third-order valence-corrected chi connectivity index (χ3v) is 4.66. The van der Waals surface area contributed by atoms with Gasteiger partial charge in [0.1, 0.15) is 11.6 Å². The number of aromatic nitrogens is 2. The van der Waals surface area contributed by atoms with Crippen LogP contribution in [-0.4, -0.2) is 21.9 Å². The van der Waals surface area contributed by atoms with E-state index >= 15 is 0 Å². The molecule has 2 aromatic carbocycles. The summed E-state index contributed by atoms with van der Waals surface area (Å²) in [6, 6.07) is 10.2. The average molecular weight is 455 g/mol. The van der Waals surface area contributed by atoms with E-state index in [1.807, 2.05) is 18.0 Å². The Labute approximate surface area is 155 Å². The summed E-state index contributed by atoms with van der Waals surface area (Å²) >= 11 is 6.80. The van der Waals surface area contributed by atoms with E-state index in [9.17, 15) is 9.18 Å². The fraction of sp³-hybridized carbons (Fsp3) is 0.176. The molecule has 0 spiro atoms. The SMILES string of the molecule is CN(Cc1nc2c(Br)cc(Br)cc2c(=O)[nH]1)Cc1ccccc1F. The van der Waals surface area contributed by atoms with Crippen molar-refractivity contribution in [3.63, 3.8) is 0 Å². The van der Waals surface area contributed by atoms with E-state index in [1.165, 1.54) is 6.07 Å². The Hall–Kier alpha value is -1.57. The van der Waals surface area contributed by atoms with Crippen molar-refractivity contribution < 1.29 is 4.39 Å². The van der Waals surface area contributed by atoms with Crippen LogP contribution in [0.4, 0.5) is 4.39 Å². The highest BCUT2D eigenvalue weighted by Gasteiger charge is 2.11. The van der Waals surface area contributed by atoms with Gasteiger partial charge in [0.25, 0.3) is 5.56 Å². The molecule has 0 unspecified atom stereocenters. The molecular weight excluding hydrogens is 441 g/mol. The Morgan fingerprint density at radius 3 is 2.71 bits per heavy atom. The van der Waals surface area contributed by atoms with Gasteiger partial charge in [-0.2, -0.15) is 0 Å². The number of halogens is 3. The second-order valence-corrected chi connectivity index (χ2v) is 7.33. The van der Waals surface area contributed by atoms with Crippen molar-refractivity contribution in [3.05, 3.63) is 72.9 Å². The molecule has 0 radical (unpaired) electrons. The standard InChI is InChI=1S/C17H14Br2FN3O/c1-23(8-10-4-2-3-5-14(10)20)9-15-21-16-12(17(24)22-15)6-11(18)7-13(16)19/h2-7H,8-9H2,1H3,(H,21,22,24). The van der Waals surface area contributed by atoms with Gasteiger partial charge in [-0.15, -0.1) is 0 Å². The highest BCUT2D eigenvalue weighted by Crippen LogP contribution is 2.25. The van der Waals surface area contributed by atoms with E-state index in [2.05, 4.69) is 41.8 Å². The molecule has 0 saturated carbocycles. The van der Waals surface area contributed by atoms with E-state index in [1.54, 1.807) is 24.3 Å². The van der Waals surface area contributed by atoms with Gasteiger partial charge in [0.05, 0.1) is 17.4 Å². The third-order valence-electron chi connectivity index (χ3n) is 3.60. The second-order valence-electron chi connectivity index (χ2n) is 5.56. The summed E-state index contributed by atoms with van der Waals surface area (Å²) in [7, 11) is 1.85. The molecule has 0 atom stereocenters. The quantitative estimate of drug-likeness (QED) is 0.642. The lowest BCUT2D eigenvalue weighted by atomic mass is 10.2. The predicted octanol–water partition coefficient (Wildman–Crippen LogP) is 4.22. The zero-order valence-corrected chi connectivity index (χ0v) is 16.0. The molecule has 1 N–H and O–H groups in total. The minimum absolute atomic E-state index is 0.198. The number of hydrogen-bond acceptors (Lipinski definition) is 3. The summed E-state index contributed by atoms with van der Waals surface area (Å²) in [4.78, 5) is 21.5. The number of nitrogens with one attached hydrogen (secondary N) is 1. The lowest BCUT2D eigenvalue weighted by molar-refractivity contribution is 0.305. The van der Waals surface area contributed by atoms with Gasteiger partial charge in [0.2, 0.25) is 0 Å². The minimum atomic E-state index is -0.239. The number of H-pyrrole nitrogens is 1. The van der Waals surface area contributed by atoms with E-state index in [4.69, 9.17) is 0 Å². The molecular formula is C17H14Br2FN3O.